The highest BCUT2D eigenvalue weighted by Crippen LogP contribution is 2.48. The molecule has 0 radical (unpaired) electrons. The number of benzene rings is 1. The number of rotatable bonds is 4. The van der Waals surface area contributed by atoms with Crippen LogP contribution in [0.1, 0.15) is 41.7 Å². The molecule has 9 heteroatoms. The second-order valence-corrected chi connectivity index (χ2v) is 10.1. The van der Waals surface area contributed by atoms with Crippen LogP contribution < -0.4 is 10.6 Å². The van der Waals surface area contributed by atoms with Crippen LogP contribution in [0.2, 0.25) is 0 Å². The number of anilines is 2. The molecule has 2 N–H and O–H groups in total. The Morgan fingerprint density at radius 3 is 2.88 bits per heavy atom. The third-order valence-electron chi connectivity index (χ3n) is 6.89. The summed E-state index contributed by atoms with van der Waals surface area (Å²) in [6, 6.07) is 10.3. The SMILES string of the molecule is C=CC(=O)N1CCN(c2cccc(-c3noc([C@@]4(C)CCCc5sc(N)c(C#N)c54)n3)c2)CC1. The van der Waals surface area contributed by atoms with E-state index in [1.54, 1.807) is 0 Å². The maximum Gasteiger partial charge on any atom is 0.246 e. The number of hydrogen-bond donors (Lipinski definition) is 1. The van der Waals surface area contributed by atoms with Gasteiger partial charge < -0.3 is 20.1 Å². The van der Waals surface area contributed by atoms with Crippen molar-refractivity contribution in [1.29, 1.82) is 5.26 Å². The molecule has 8 nitrogen and oxygen atoms in total. The Labute approximate surface area is 202 Å². The van der Waals surface area contributed by atoms with Crippen molar-refractivity contribution in [2.75, 3.05) is 36.8 Å². The second kappa shape index (κ2) is 8.61. The lowest BCUT2D eigenvalue weighted by Crippen LogP contribution is -2.48. The molecule has 0 saturated carbocycles. The molecule has 1 aliphatic heterocycles. The summed E-state index contributed by atoms with van der Waals surface area (Å²) in [5.41, 5.74) is 9.01. The highest BCUT2D eigenvalue weighted by molar-refractivity contribution is 7.16. The fourth-order valence-electron chi connectivity index (χ4n) is 5.03. The van der Waals surface area contributed by atoms with E-state index >= 15 is 0 Å². The van der Waals surface area contributed by atoms with E-state index in [0.717, 1.165) is 54.0 Å². The van der Waals surface area contributed by atoms with Crippen molar-refractivity contribution in [3.63, 3.8) is 0 Å². The number of hydrogen-bond acceptors (Lipinski definition) is 8. The zero-order valence-corrected chi connectivity index (χ0v) is 19.9. The number of carbonyl (C=O) groups is 1. The first-order chi connectivity index (χ1) is 16.4. The number of nitriles is 1. The molecule has 1 atom stereocenters. The first kappa shape index (κ1) is 22.2. The van der Waals surface area contributed by atoms with Gasteiger partial charge in [0.05, 0.1) is 11.0 Å². The maximum atomic E-state index is 11.9. The van der Waals surface area contributed by atoms with Crippen molar-refractivity contribution in [1.82, 2.24) is 15.0 Å². The Morgan fingerprint density at radius 1 is 1.35 bits per heavy atom. The highest BCUT2D eigenvalue weighted by atomic mass is 32.1. The molecule has 34 heavy (non-hydrogen) atoms. The lowest BCUT2D eigenvalue weighted by atomic mass is 9.72. The Balaban J connectivity index is 1.41. The van der Waals surface area contributed by atoms with Gasteiger partial charge in [-0.3, -0.25) is 4.79 Å². The minimum absolute atomic E-state index is 0.0287. The number of aryl methyl sites for hydroxylation is 1. The van der Waals surface area contributed by atoms with Crippen molar-refractivity contribution in [3.8, 4) is 17.5 Å². The van der Waals surface area contributed by atoms with Gasteiger partial charge in [0.2, 0.25) is 17.6 Å². The van der Waals surface area contributed by atoms with E-state index in [1.165, 1.54) is 17.4 Å². The number of amides is 1. The van der Waals surface area contributed by atoms with E-state index in [2.05, 4.69) is 41.8 Å². The van der Waals surface area contributed by atoms with Gasteiger partial charge in [0.25, 0.3) is 0 Å². The second-order valence-electron chi connectivity index (χ2n) is 8.93. The number of aromatic nitrogens is 2. The first-order valence-electron chi connectivity index (χ1n) is 11.4. The number of fused-ring (bicyclic) bond motifs is 1. The molecule has 1 fully saturated rings. The first-order valence-corrected chi connectivity index (χ1v) is 12.2. The van der Waals surface area contributed by atoms with Gasteiger partial charge >= 0.3 is 0 Å². The maximum absolute atomic E-state index is 11.9. The van der Waals surface area contributed by atoms with Crippen molar-refractivity contribution in [2.45, 2.75) is 31.6 Å². The third-order valence-corrected chi connectivity index (χ3v) is 7.96. The van der Waals surface area contributed by atoms with Crippen LogP contribution in [-0.2, 0) is 16.6 Å². The zero-order valence-electron chi connectivity index (χ0n) is 19.1. The largest absolute Gasteiger partial charge is 0.389 e. The number of nitrogens with zero attached hydrogens (tertiary/aromatic N) is 5. The molecule has 2 aromatic heterocycles. The van der Waals surface area contributed by atoms with Crippen LogP contribution >= 0.6 is 11.3 Å². The Morgan fingerprint density at radius 2 is 2.15 bits per heavy atom. The lowest BCUT2D eigenvalue weighted by molar-refractivity contribution is -0.126. The van der Waals surface area contributed by atoms with E-state index < -0.39 is 5.41 Å². The highest BCUT2D eigenvalue weighted by Gasteiger charge is 2.43. The van der Waals surface area contributed by atoms with Crippen LogP contribution in [0.4, 0.5) is 10.7 Å². The number of carbonyl (C=O) groups excluding carboxylic acids is 1. The summed E-state index contributed by atoms with van der Waals surface area (Å²) in [5.74, 6) is 1.01. The van der Waals surface area contributed by atoms with Gasteiger partial charge in [-0.25, -0.2) is 0 Å². The number of nitrogen functional groups attached to an aromatic ring is 1. The van der Waals surface area contributed by atoms with E-state index in [9.17, 15) is 10.1 Å². The fourth-order valence-corrected chi connectivity index (χ4v) is 6.22. The molecule has 3 heterocycles. The standard InChI is InChI=1S/C25H26N6O2S/c1-3-20(32)31-12-10-30(11-13-31)17-7-4-6-16(14-17)23-28-24(33-29-23)25(2)9-5-8-19-21(25)18(15-26)22(27)34-19/h3-4,6-7,14H,1,5,8-13,27H2,2H3/t25-/m0/s1. The number of piperazine rings is 1. The summed E-state index contributed by atoms with van der Waals surface area (Å²) in [4.78, 5) is 21.8. The van der Waals surface area contributed by atoms with Crippen LogP contribution in [0.15, 0.2) is 41.4 Å². The summed E-state index contributed by atoms with van der Waals surface area (Å²) < 4.78 is 5.79. The Kier molecular flexibility index (Phi) is 5.62. The van der Waals surface area contributed by atoms with Crippen LogP contribution in [0.5, 0.6) is 0 Å². The van der Waals surface area contributed by atoms with Gasteiger partial charge in [-0.05, 0) is 44.4 Å². The van der Waals surface area contributed by atoms with Crippen LogP contribution in [0.25, 0.3) is 11.4 Å². The molecule has 1 amide bonds. The van der Waals surface area contributed by atoms with Gasteiger partial charge in [-0.1, -0.05) is 23.9 Å². The van der Waals surface area contributed by atoms with Crippen molar-refractivity contribution >= 4 is 27.9 Å². The number of nitrogens with two attached hydrogens (primary N) is 1. The van der Waals surface area contributed by atoms with Gasteiger partial charge in [0.1, 0.15) is 11.1 Å². The monoisotopic (exact) mass is 474 g/mol. The third kappa shape index (κ3) is 3.64. The molecular weight excluding hydrogens is 448 g/mol. The minimum atomic E-state index is -0.538. The van der Waals surface area contributed by atoms with Gasteiger partial charge in [0, 0.05) is 47.9 Å². The summed E-state index contributed by atoms with van der Waals surface area (Å²) in [6.45, 7) is 8.45. The van der Waals surface area contributed by atoms with E-state index in [0.29, 0.717) is 35.4 Å². The average Bonchev–Trinajstić information content (AvgIpc) is 3.49. The average molecular weight is 475 g/mol. The number of thiophene rings is 1. The Bertz CT molecular complexity index is 1300. The van der Waals surface area contributed by atoms with E-state index in [-0.39, 0.29) is 5.91 Å². The molecule has 1 saturated heterocycles. The molecule has 0 bridgehead atoms. The fraction of sp³-hybridized carbons (Fsp3) is 0.360. The van der Waals surface area contributed by atoms with Gasteiger partial charge in [0.15, 0.2) is 0 Å². The molecule has 1 aliphatic carbocycles. The molecule has 5 rings (SSSR count). The van der Waals surface area contributed by atoms with Crippen LogP contribution in [0.3, 0.4) is 0 Å². The molecule has 3 aromatic rings. The lowest BCUT2D eigenvalue weighted by Gasteiger charge is -2.35. The smallest absolute Gasteiger partial charge is 0.246 e. The topological polar surface area (TPSA) is 112 Å². The van der Waals surface area contributed by atoms with Crippen molar-refractivity contribution < 1.29 is 9.32 Å². The molecule has 1 aromatic carbocycles. The Hall–Kier alpha value is -3.64. The van der Waals surface area contributed by atoms with Gasteiger partial charge in [-0.2, -0.15) is 10.2 Å². The predicted octanol–water partition coefficient (Wildman–Crippen LogP) is 3.73. The quantitative estimate of drug-likeness (QED) is 0.573. The predicted molar refractivity (Wildman–Crippen MR) is 132 cm³/mol. The van der Waals surface area contributed by atoms with Crippen LogP contribution in [0, 0.1) is 11.3 Å². The summed E-state index contributed by atoms with van der Waals surface area (Å²) in [5, 5.41) is 14.6. The van der Waals surface area contributed by atoms with Gasteiger partial charge in [-0.15, -0.1) is 11.3 Å². The van der Waals surface area contributed by atoms with E-state index in [1.807, 2.05) is 17.0 Å². The molecule has 0 unspecified atom stereocenters. The van der Waals surface area contributed by atoms with Crippen molar-refractivity contribution in [3.05, 3.63) is 58.8 Å². The summed E-state index contributed by atoms with van der Waals surface area (Å²) in [6.07, 6.45) is 4.07. The van der Waals surface area contributed by atoms with E-state index in [4.69, 9.17) is 15.2 Å². The van der Waals surface area contributed by atoms with Crippen molar-refractivity contribution in [2.24, 2.45) is 0 Å². The molecule has 0 spiro atoms. The van der Waals surface area contributed by atoms with Crippen LogP contribution in [-0.4, -0.2) is 47.1 Å². The molecular formula is C25H26N6O2S. The summed E-state index contributed by atoms with van der Waals surface area (Å²) in [7, 11) is 0. The zero-order chi connectivity index (χ0) is 23.9. The molecule has 174 valence electrons. The summed E-state index contributed by atoms with van der Waals surface area (Å²) >= 11 is 1.49. The molecule has 2 aliphatic rings. The normalized spacial score (nSPS) is 20.0. The minimum Gasteiger partial charge on any atom is -0.389 e.